The molecular formula is C19H24N2O4S. The first kappa shape index (κ1) is 19.9. The summed E-state index contributed by atoms with van der Waals surface area (Å²) in [6.45, 7) is 9.33. The van der Waals surface area contributed by atoms with Gasteiger partial charge in [0.1, 0.15) is 0 Å². The standard InChI is InChI=1S/C19H24N2O4S/c1-6-25-20-19(22)16-8-7-13(3)17(11-16)21-26(23,24)18-14(4)9-12(2)10-15(18)5/h7-11,21H,6H2,1-5H3,(H,20,22). The average molecular weight is 376 g/mol. The largest absolute Gasteiger partial charge is 0.279 e. The molecule has 0 aliphatic heterocycles. The van der Waals surface area contributed by atoms with E-state index in [0.717, 1.165) is 5.56 Å². The lowest BCUT2D eigenvalue weighted by molar-refractivity contribution is 0.0364. The second kappa shape index (κ2) is 7.88. The van der Waals surface area contributed by atoms with Gasteiger partial charge in [0.15, 0.2) is 0 Å². The molecule has 0 fully saturated rings. The summed E-state index contributed by atoms with van der Waals surface area (Å²) in [6.07, 6.45) is 0. The zero-order valence-electron chi connectivity index (χ0n) is 15.6. The van der Waals surface area contributed by atoms with Crippen molar-refractivity contribution >= 4 is 21.6 Å². The Balaban J connectivity index is 2.40. The SMILES string of the molecule is CCONC(=O)c1ccc(C)c(NS(=O)(=O)c2c(C)cc(C)cc2C)c1. The summed E-state index contributed by atoms with van der Waals surface area (Å²) in [7, 11) is -3.79. The van der Waals surface area contributed by atoms with Crippen LogP contribution in [0.1, 0.15) is 39.5 Å². The number of hydrogen-bond donors (Lipinski definition) is 2. The Bertz CT molecular complexity index is 914. The van der Waals surface area contributed by atoms with E-state index in [2.05, 4.69) is 10.2 Å². The summed E-state index contributed by atoms with van der Waals surface area (Å²) in [5.41, 5.74) is 6.03. The molecule has 26 heavy (non-hydrogen) atoms. The molecule has 7 heteroatoms. The van der Waals surface area contributed by atoms with Gasteiger partial charge in [0.2, 0.25) is 0 Å². The van der Waals surface area contributed by atoms with Crippen LogP contribution in [0.5, 0.6) is 0 Å². The van der Waals surface area contributed by atoms with E-state index >= 15 is 0 Å². The molecule has 0 saturated carbocycles. The molecule has 2 N–H and O–H groups in total. The van der Waals surface area contributed by atoms with Crippen LogP contribution in [-0.4, -0.2) is 20.9 Å². The van der Waals surface area contributed by atoms with E-state index in [-0.39, 0.29) is 4.90 Å². The number of carbonyl (C=O) groups is 1. The Kier molecular flexibility index (Phi) is 6.05. The number of rotatable bonds is 6. The first-order valence-corrected chi connectivity index (χ1v) is 9.77. The Morgan fingerprint density at radius 2 is 1.62 bits per heavy atom. The van der Waals surface area contributed by atoms with Crippen LogP contribution in [-0.2, 0) is 14.9 Å². The molecule has 2 aromatic rings. The molecule has 1 amide bonds. The summed E-state index contributed by atoms with van der Waals surface area (Å²) in [5.74, 6) is -0.435. The number of nitrogens with one attached hydrogen (secondary N) is 2. The molecule has 2 aromatic carbocycles. The number of hydroxylamine groups is 1. The van der Waals surface area contributed by atoms with Crippen LogP contribution in [0.2, 0.25) is 0 Å². The van der Waals surface area contributed by atoms with Gasteiger partial charge in [-0.3, -0.25) is 14.4 Å². The fourth-order valence-electron chi connectivity index (χ4n) is 2.86. The molecule has 140 valence electrons. The number of aryl methyl sites for hydroxylation is 4. The van der Waals surface area contributed by atoms with E-state index in [1.165, 1.54) is 6.07 Å². The highest BCUT2D eigenvalue weighted by Crippen LogP contribution is 2.26. The molecular weight excluding hydrogens is 352 g/mol. The third kappa shape index (κ3) is 4.42. The topological polar surface area (TPSA) is 84.5 Å². The highest BCUT2D eigenvalue weighted by Gasteiger charge is 2.21. The second-order valence-corrected chi connectivity index (χ2v) is 7.85. The van der Waals surface area contributed by atoms with Crippen molar-refractivity contribution in [3.8, 4) is 0 Å². The highest BCUT2D eigenvalue weighted by atomic mass is 32.2. The summed E-state index contributed by atoms with van der Waals surface area (Å²) in [4.78, 5) is 17.2. The van der Waals surface area contributed by atoms with Crippen molar-refractivity contribution in [1.29, 1.82) is 0 Å². The molecule has 0 heterocycles. The monoisotopic (exact) mass is 376 g/mol. The zero-order chi connectivity index (χ0) is 19.5. The number of carbonyl (C=O) groups excluding carboxylic acids is 1. The summed E-state index contributed by atoms with van der Waals surface area (Å²) in [5, 5.41) is 0. The van der Waals surface area contributed by atoms with Crippen molar-refractivity contribution in [2.24, 2.45) is 0 Å². The van der Waals surface area contributed by atoms with Crippen LogP contribution in [0.25, 0.3) is 0 Å². The Hall–Kier alpha value is -2.38. The number of sulfonamides is 1. The van der Waals surface area contributed by atoms with E-state index < -0.39 is 15.9 Å². The molecule has 6 nitrogen and oxygen atoms in total. The number of benzene rings is 2. The summed E-state index contributed by atoms with van der Waals surface area (Å²) in [6, 6.07) is 8.47. The van der Waals surface area contributed by atoms with Gasteiger partial charge >= 0.3 is 0 Å². The maximum atomic E-state index is 12.9. The maximum Gasteiger partial charge on any atom is 0.274 e. The Morgan fingerprint density at radius 3 is 2.19 bits per heavy atom. The van der Waals surface area contributed by atoms with E-state index in [1.807, 2.05) is 19.1 Å². The zero-order valence-corrected chi connectivity index (χ0v) is 16.5. The summed E-state index contributed by atoms with van der Waals surface area (Å²) < 4.78 is 28.5. The molecule has 2 rings (SSSR count). The van der Waals surface area contributed by atoms with Crippen molar-refractivity contribution in [1.82, 2.24) is 5.48 Å². The number of hydrogen-bond acceptors (Lipinski definition) is 4. The predicted molar refractivity (Wildman–Crippen MR) is 102 cm³/mol. The maximum absolute atomic E-state index is 12.9. The van der Waals surface area contributed by atoms with Gasteiger partial charge < -0.3 is 0 Å². The van der Waals surface area contributed by atoms with Gasteiger partial charge in [-0.25, -0.2) is 13.9 Å². The Labute approximate surface area is 154 Å². The minimum atomic E-state index is -3.79. The van der Waals surface area contributed by atoms with Crippen LogP contribution in [0.3, 0.4) is 0 Å². The fraction of sp³-hybridized carbons (Fsp3) is 0.316. The smallest absolute Gasteiger partial charge is 0.274 e. The molecule has 0 aliphatic rings. The second-order valence-electron chi connectivity index (χ2n) is 6.23. The quantitative estimate of drug-likeness (QED) is 0.757. The molecule has 0 spiro atoms. The van der Waals surface area contributed by atoms with Gasteiger partial charge in [-0.2, -0.15) is 0 Å². The van der Waals surface area contributed by atoms with Gasteiger partial charge in [-0.15, -0.1) is 0 Å². The van der Waals surface area contributed by atoms with Gasteiger partial charge in [0.05, 0.1) is 17.2 Å². The van der Waals surface area contributed by atoms with E-state index in [9.17, 15) is 13.2 Å². The third-order valence-corrected chi connectivity index (χ3v) is 5.60. The molecule has 0 radical (unpaired) electrons. The van der Waals surface area contributed by atoms with Crippen LogP contribution in [0, 0.1) is 27.7 Å². The fourth-order valence-corrected chi connectivity index (χ4v) is 4.43. The van der Waals surface area contributed by atoms with Gasteiger partial charge in [-0.05, 0) is 63.4 Å². The van der Waals surface area contributed by atoms with Crippen LogP contribution >= 0.6 is 0 Å². The molecule has 0 aliphatic carbocycles. The van der Waals surface area contributed by atoms with Gasteiger partial charge in [-0.1, -0.05) is 23.8 Å². The molecule has 0 atom stereocenters. The first-order chi connectivity index (χ1) is 12.2. The molecule has 0 bridgehead atoms. The normalized spacial score (nSPS) is 11.3. The minimum Gasteiger partial charge on any atom is -0.279 e. The third-order valence-electron chi connectivity index (χ3n) is 3.93. The molecule has 0 aromatic heterocycles. The predicted octanol–water partition coefficient (Wildman–Crippen LogP) is 3.40. The molecule has 0 saturated heterocycles. The van der Waals surface area contributed by atoms with E-state index in [0.29, 0.717) is 34.5 Å². The first-order valence-electron chi connectivity index (χ1n) is 8.29. The Morgan fingerprint density at radius 1 is 1.00 bits per heavy atom. The van der Waals surface area contributed by atoms with Crippen molar-refractivity contribution in [2.45, 2.75) is 39.5 Å². The lowest BCUT2D eigenvalue weighted by atomic mass is 10.1. The lowest BCUT2D eigenvalue weighted by Gasteiger charge is -2.16. The van der Waals surface area contributed by atoms with Gasteiger partial charge in [0, 0.05) is 5.56 Å². The highest BCUT2D eigenvalue weighted by molar-refractivity contribution is 7.92. The average Bonchev–Trinajstić information content (AvgIpc) is 2.53. The van der Waals surface area contributed by atoms with Crippen LogP contribution in [0.4, 0.5) is 5.69 Å². The number of amides is 1. The van der Waals surface area contributed by atoms with Crippen molar-refractivity contribution in [2.75, 3.05) is 11.3 Å². The van der Waals surface area contributed by atoms with Crippen molar-refractivity contribution < 1.29 is 18.0 Å². The van der Waals surface area contributed by atoms with Crippen molar-refractivity contribution in [3.63, 3.8) is 0 Å². The van der Waals surface area contributed by atoms with Crippen molar-refractivity contribution in [3.05, 3.63) is 58.1 Å². The van der Waals surface area contributed by atoms with E-state index in [1.54, 1.807) is 39.8 Å². The van der Waals surface area contributed by atoms with Crippen LogP contribution in [0.15, 0.2) is 35.2 Å². The minimum absolute atomic E-state index is 0.256. The number of anilines is 1. The van der Waals surface area contributed by atoms with Crippen LogP contribution < -0.4 is 10.2 Å². The summed E-state index contributed by atoms with van der Waals surface area (Å²) >= 11 is 0. The lowest BCUT2D eigenvalue weighted by Crippen LogP contribution is -2.24. The van der Waals surface area contributed by atoms with Gasteiger partial charge in [0.25, 0.3) is 15.9 Å². The van der Waals surface area contributed by atoms with E-state index in [4.69, 9.17) is 4.84 Å². The molecule has 0 unspecified atom stereocenters.